The van der Waals surface area contributed by atoms with Crippen LogP contribution in [0, 0.1) is 0 Å². The lowest BCUT2D eigenvalue weighted by atomic mass is 10.1. The molecule has 148 valence electrons. The lowest BCUT2D eigenvalue weighted by Gasteiger charge is -2.18. The summed E-state index contributed by atoms with van der Waals surface area (Å²) in [6.07, 6.45) is 0.209. The van der Waals surface area contributed by atoms with E-state index in [9.17, 15) is 9.90 Å². The van der Waals surface area contributed by atoms with Crippen molar-refractivity contribution in [1.82, 2.24) is 10.5 Å². The van der Waals surface area contributed by atoms with Crippen molar-refractivity contribution < 1.29 is 14.4 Å². The second-order valence-electron chi connectivity index (χ2n) is 6.70. The summed E-state index contributed by atoms with van der Waals surface area (Å²) in [5.41, 5.74) is 1.67. The number of hydrogen-bond donors (Lipinski definition) is 3. The van der Waals surface area contributed by atoms with Gasteiger partial charge in [-0.25, -0.2) is 0 Å². The van der Waals surface area contributed by atoms with Gasteiger partial charge in [0.25, 0.3) is 5.56 Å². The third-order valence-electron chi connectivity index (χ3n) is 4.31. The van der Waals surface area contributed by atoms with Gasteiger partial charge in [-0.1, -0.05) is 35.9 Å². The van der Waals surface area contributed by atoms with Crippen LogP contribution in [-0.2, 0) is 13.0 Å². The molecule has 2 atom stereocenters. The number of rotatable bonds is 9. The lowest BCUT2D eigenvalue weighted by molar-refractivity contribution is 0.170. The van der Waals surface area contributed by atoms with Gasteiger partial charge in [0.2, 0.25) is 0 Å². The summed E-state index contributed by atoms with van der Waals surface area (Å²) < 4.78 is 10.5. The van der Waals surface area contributed by atoms with Gasteiger partial charge in [0.05, 0.1) is 12.2 Å². The molecule has 0 fully saturated rings. The van der Waals surface area contributed by atoms with Gasteiger partial charge in [0.1, 0.15) is 12.4 Å². The van der Waals surface area contributed by atoms with E-state index in [1.165, 1.54) is 6.07 Å². The van der Waals surface area contributed by atoms with E-state index >= 15 is 0 Å². The van der Waals surface area contributed by atoms with Crippen LogP contribution < -0.4 is 15.6 Å². The molecule has 0 bridgehead atoms. The molecule has 6 nitrogen and oxygen atoms in total. The highest BCUT2D eigenvalue weighted by atomic mass is 35.5. The van der Waals surface area contributed by atoms with Crippen molar-refractivity contribution in [1.29, 1.82) is 0 Å². The zero-order valence-electron chi connectivity index (χ0n) is 15.5. The molecule has 0 saturated carbocycles. The molecule has 1 aromatic heterocycles. The zero-order chi connectivity index (χ0) is 19.9. The highest BCUT2D eigenvalue weighted by Crippen LogP contribution is 2.18. The summed E-state index contributed by atoms with van der Waals surface area (Å²) in [6, 6.07) is 16.6. The van der Waals surface area contributed by atoms with Crippen molar-refractivity contribution in [3.63, 3.8) is 0 Å². The molecule has 0 amide bonds. The fraction of sp³-hybridized carbons (Fsp3) is 0.286. The van der Waals surface area contributed by atoms with Crippen LogP contribution in [0.3, 0.4) is 0 Å². The average molecular weight is 403 g/mol. The average Bonchev–Trinajstić information content (AvgIpc) is 3.11. The lowest BCUT2D eigenvalue weighted by Crippen LogP contribution is -2.32. The van der Waals surface area contributed by atoms with Gasteiger partial charge >= 0.3 is 0 Å². The van der Waals surface area contributed by atoms with Crippen LogP contribution in [0.25, 0.3) is 0 Å². The fourth-order valence-corrected chi connectivity index (χ4v) is 3.04. The molecule has 1 heterocycles. The van der Waals surface area contributed by atoms with Gasteiger partial charge in [0.15, 0.2) is 5.76 Å². The zero-order valence-corrected chi connectivity index (χ0v) is 16.3. The molecule has 3 rings (SSSR count). The van der Waals surface area contributed by atoms with Crippen LogP contribution >= 0.6 is 11.6 Å². The van der Waals surface area contributed by atoms with Gasteiger partial charge < -0.3 is 19.7 Å². The molecule has 3 N–H and O–H groups in total. The Morgan fingerprint density at radius 2 is 2.00 bits per heavy atom. The maximum Gasteiger partial charge on any atom is 0.280 e. The molecule has 2 aromatic carbocycles. The van der Waals surface area contributed by atoms with Gasteiger partial charge in [-0.15, -0.1) is 0 Å². The van der Waals surface area contributed by atoms with E-state index in [4.69, 9.17) is 20.9 Å². The number of halogens is 1. The minimum Gasteiger partial charge on any atom is -0.486 e. The molecular formula is C21H23ClN2O4. The van der Waals surface area contributed by atoms with E-state index < -0.39 is 6.10 Å². The van der Waals surface area contributed by atoms with E-state index in [-0.39, 0.29) is 18.2 Å². The van der Waals surface area contributed by atoms with E-state index in [0.717, 1.165) is 17.5 Å². The Bertz CT molecular complexity index is 936. The third-order valence-corrected chi connectivity index (χ3v) is 4.55. The quantitative estimate of drug-likeness (QED) is 0.510. The van der Waals surface area contributed by atoms with Crippen LogP contribution in [0.5, 0.6) is 5.75 Å². The van der Waals surface area contributed by atoms with Crippen molar-refractivity contribution in [2.45, 2.75) is 32.1 Å². The number of nitrogens with one attached hydrogen (secondary N) is 2. The smallest absolute Gasteiger partial charge is 0.280 e. The summed E-state index contributed by atoms with van der Waals surface area (Å²) >= 11 is 5.97. The van der Waals surface area contributed by atoms with E-state index in [1.54, 1.807) is 12.1 Å². The van der Waals surface area contributed by atoms with Crippen molar-refractivity contribution in [2.75, 3.05) is 6.54 Å². The first kappa shape index (κ1) is 20.2. The number of aliphatic hydroxyl groups excluding tert-OH is 1. The fourth-order valence-electron chi connectivity index (χ4n) is 2.84. The first-order valence-electron chi connectivity index (χ1n) is 9.05. The minimum absolute atomic E-state index is 0.190. The topological polar surface area (TPSA) is 87.5 Å². The molecule has 0 radical (unpaired) electrons. The summed E-state index contributed by atoms with van der Waals surface area (Å²) in [4.78, 5) is 11.0. The molecule has 0 saturated heterocycles. The molecule has 0 aliphatic heterocycles. The Morgan fingerprint density at radius 1 is 1.21 bits per heavy atom. The highest BCUT2D eigenvalue weighted by molar-refractivity contribution is 6.30. The number of aliphatic hydroxyl groups is 1. The summed E-state index contributed by atoms with van der Waals surface area (Å²) in [7, 11) is 0. The largest absolute Gasteiger partial charge is 0.486 e. The van der Waals surface area contributed by atoms with Crippen molar-refractivity contribution >= 4 is 11.6 Å². The number of hydrogen-bond acceptors (Lipinski definition) is 5. The predicted molar refractivity (Wildman–Crippen MR) is 108 cm³/mol. The van der Waals surface area contributed by atoms with Crippen LogP contribution in [-0.4, -0.2) is 22.8 Å². The Balaban J connectivity index is 1.44. The first-order chi connectivity index (χ1) is 13.5. The molecule has 0 aliphatic rings. The summed E-state index contributed by atoms with van der Waals surface area (Å²) in [5.74, 6) is 1.15. The van der Waals surface area contributed by atoms with Crippen molar-refractivity contribution in [3.8, 4) is 5.75 Å². The number of ether oxygens (including phenoxy) is 1. The summed E-state index contributed by atoms with van der Waals surface area (Å²) in [5, 5.41) is 16.5. The molecule has 2 unspecified atom stereocenters. The van der Waals surface area contributed by atoms with Crippen LogP contribution in [0.1, 0.15) is 29.9 Å². The third kappa shape index (κ3) is 5.99. The Hall–Kier alpha value is -2.54. The van der Waals surface area contributed by atoms with Gasteiger partial charge in [-0.2, -0.15) is 5.16 Å². The van der Waals surface area contributed by atoms with Gasteiger partial charge in [0, 0.05) is 17.6 Å². The SMILES string of the molecule is CC(Cc1ccc(OCc2cc(=O)[nH]o2)cc1)NCC(O)c1cccc(Cl)c1. The van der Waals surface area contributed by atoms with Crippen LogP contribution in [0.4, 0.5) is 0 Å². The maximum atomic E-state index is 11.0. The molecule has 0 spiro atoms. The molecule has 3 aromatic rings. The predicted octanol–water partition coefficient (Wildman–Crippen LogP) is 3.45. The van der Waals surface area contributed by atoms with Crippen molar-refractivity contribution in [2.24, 2.45) is 0 Å². The van der Waals surface area contributed by atoms with E-state index in [2.05, 4.69) is 17.4 Å². The highest BCUT2D eigenvalue weighted by Gasteiger charge is 2.10. The van der Waals surface area contributed by atoms with Crippen LogP contribution in [0.15, 0.2) is 63.9 Å². The number of benzene rings is 2. The Morgan fingerprint density at radius 3 is 2.68 bits per heavy atom. The molecule has 7 heteroatoms. The standard InChI is InChI=1S/C21H23ClN2O4/c1-14(23-12-20(25)16-3-2-4-17(22)10-16)9-15-5-7-18(8-6-15)27-13-19-11-21(26)24-28-19/h2-8,10-11,14,20,23,25H,9,12-13H2,1H3,(H,24,26). The molecule has 28 heavy (non-hydrogen) atoms. The Labute approximate surface area is 168 Å². The molecular weight excluding hydrogens is 380 g/mol. The second-order valence-corrected chi connectivity index (χ2v) is 7.13. The number of aromatic amines is 1. The van der Waals surface area contributed by atoms with Gasteiger partial charge in [-0.05, 0) is 48.7 Å². The van der Waals surface area contributed by atoms with E-state index in [0.29, 0.717) is 23.1 Å². The van der Waals surface area contributed by atoms with E-state index in [1.807, 2.05) is 36.4 Å². The van der Waals surface area contributed by atoms with Gasteiger partial charge in [-0.3, -0.25) is 4.79 Å². The van der Waals surface area contributed by atoms with Crippen LogP contribution in [0.2, 0.25) is 5.02 Å². The Kier molecular flexibility index (Phi) is 6.92. The molecule has 0 aliphatic carbocycles. The maximum absolute atomic E-state index is 11.0. The monoisotopic (exact) mass is 402 g/mol. The minimum atomic E-state index is -0.606. The van der Waals surface area contributed by atoms with Crippen molar-refractivity contribution in [3.05, 3.63) is 86.9 Å². The number of H-pyrrole nitrogens is 1. The normalized spacial score (nSPS) is 13.2. The second kappa shape index (κ2) is 9.59. The number of aromatic nitrogens is 1. The first-order valence-corrected chi connectivity index (χ1v) is 9.43. The summed E-state index contributed by atoms with van der Waals surface area (Å²) in [6.45, 7) is 2.71.